The molecule has 0 heterocycles. The van der Waals surface area contributed by atoms with E-state index in [4.69, 9.17) is 21.6 Å². The smallest absolute Gasteiger partial charge is 0.139 e. The van der Waals surface area contributed by atoms with Gasteiger partial charge < -0.3 is 4.74 Å². The summed E-state index contributed by atoms with van der Waals surface area (Å²) in [7, 11) is 0. The fraction of sp³-hybridized carbons (Fsp3) is 0.188. The van der Waals surface area contributed by atoms with Crippen molar-refractivity contribution in [3.63, 3.8) is 0 Å². The lowest BCUT2D eigenvalue weighted by molar-refractivity contribution is 0.305. The van der Waals surface area contributed by atoms with Gasteiger partial charge in [-0.25, -0.2) is 0 Å². The maximum absolute atomic E-state index is 9.06. The second kappa shape index (κ2) is 5.77. The lowest BCUT2D eigenvalue weighted by Crippen LogP contribution is -1.98. The molecule has 0 radical (unpaired) electrons. The molecule has 96 valence electrons. The average molecular weight is 272 g/mol. The molecule has 0 saturated heterocycles. The van der Waals surface area contributed by atoms with Crippen LogP contribution in [-0.4, -0.2) is 0 Å². The van der Waals surface area contributed by atoms with Crippen LogP contribution in [0.3, 0.4) is 0 Å². The number of aryl methyl sites for hydroxylation is 2. The van der Waals surface area contributed by atoms with Crippen LogP contribution in [0.5, 0.6) is 5.75 Å². The van der Waals surface area contributed by atoms with E-state index in [2.05, 4.69) is 32.0 Å². The average Bonchev–Trinajstić information content (AvgIpc) is 2.40. The van der Waals surface area contributed by atoms with E-state index in [1.54, 1.807) is 18.2 Å². The van der Waals surface area contributed by atoms with Gasteiger partial charge in [0.2, 0.25) is 0 Å². The highest BCUT2D eigenvalue weighted by molar-refractivity contribution is 6.31. The molecule has 19 heavy (non-hydrogen) atoms. The maximum atomic E-state index is 9.06. The zero-order chi connectivity index (χ0) is 13.8. The van der Waals surface area contributed by atoms with E-state index in [0.29, 0.717) is 22.9 Å². The summed E-state index contributed by atoms with van der Waals surface area (Å²) in [5.74, 6) is 0.522. The molecule has 0 spiro atoms. The minimum Gasteiger partial charge on any atom is -0.487 e. The third-order valence-corrected chi connectivity index (χ3v) is 3.37. The minimum atomic E-state index is 0.382. The summed E-state index contributed by atoms with van der Waals surface area (Å²) in [4.78, 5) is 0. The molecule has 0 fully saturated rings. The molecule has 0 aliphatic heterocycles. The van der Waals surface area contributed by atoms with Gasteiger partial charge in [-0.2, -0.15) is 5.26 Å². The van der Waals surface area contributed by atoms with Crippen LogP contribution in [0, 0.1) is 25.2 Å². The van der Waals surface area contributed by atoms with Crippen molar-refractivity contribution in [3.05, 3.63) is 63.7 Å². The van der Waals surface area contributed by atoms with Crippen LogP contribution in [-0.2, 0) is 6.61 Å². The second-order valence-electron chi connectivity index (χ2n) is 4.43. The van der Waals surface area contributed by atoms with Gasteiger partial charge >= 0.3 is 0 Å². The van der Waals surface area contributed by atoms with E-state index in [1.807, 2.05) is 6.07 Å². The van der Waals surface area contributed by atoms with Crippen LogP contribution in [0.15, 0.2) is 36.4 Å². The van der Waals surface area contributed by atoms with Crippen LogP contribution in [0.4, 0.5) is 0 Å². The number of nitriles is 1. The maximum Gasteiger partial charge on any atom is 0.139 e. The van der Waals surface area contributed by atoms with E-state index in [0.717, 1.165) is 5.56 Å². The number of nitrogens with zero attached hydrogens (tertiary/aromatic N) is 1. The molecule has 0 unspecified atom stereocenters. The van der Waals surface area contributed by atoms with E-state index in [9.17, 15) is 0 Å². The first kappa shape index (κ1) is 13.5. The predicted molar refractivity (Wildman–Crippen MR) is 76.4 cm³/mol. The summed E-state index contributed by atoms with van der Waals surface area (Å²) in [5.41, 5.74) is 3.94. The third-order valence-electron chi connectivity index (χ3n) is 3.05. The van der Waals surface area contributed by atoms with Gasteiger partial charge in [0.25, 0.3) is 0 Å². The number of hydrogen-bond acceptors (Lipinski definition) is 2. The molecule has 0 N–H and O–H groups in total. The molecule has 0 atom stereocenters. The van der Waals surface area contributed by atoms with Crippen LogP contribution in [0.1, 0.15) is 22.3 Å². The van der Waals surface area contributed by atoms with Crippen molar-refractivity contribution in [2.24, 2.45) is 0 Å². The second-order valence-corrected chi connectivity index (χ2v) is 4.84. The molecular weight excluding hydrogens is 258 g/mol. The summed E-state index contributed by atoms with van der Waals surface area (Å²) in [5, 5.41) is 9.48. The highest BCUT2D eigenvalue weighted by Crippen LogP contribution is 2.26. The summed E-state index contributed by atoms with van der Waals surface area (Å²) in [6.07, 6.45) is 0. The summed E-state index contributed by atoms with van der Waals surface area (Å²) in [6, 6.07) is 13.5. The van der Waals surface area contributed by atoms with Gasteiger partial charge in [0.05, 0.1) is 5.02 Å². The zero-order valence-corrected chi connectivity index (χ0v) is 11.7. The summed E-state index contributed by atoms with van der Waals surface area (Å²) >= 11 is 5.95. The molecule has 2 aromatic rings. The minimum absolute atomic E-state index is 0.382. The largest absolute Gasteiger partial charge is 0.487 e. The summed E-state index contributed by atoms with van der Waals surface area (Å²) < 4.78 is 5.68. The predicted octanol–water partition coefficient (Wildman–Crippen LogP) is 4.41. The first-order chi connectivity index (χ1) is 9.11. The Morgan fingerprint density at radius 2 is 1.95 bits per heavy atom. The molecular formula is C16H14ClNO. The standard InChI is InChI=1S/C16H14ClNO/c1-11-6-7-13(8-12(11)2)10-19-16-5-3-4-15(17)14(16)9-18/h3-8H,10H2,1-2H3. The molecule has 2 nitrogen and oxygen atoms in total. The van der Waals surface area contributed by atoms with E-state index >= 15 is 0 Å². The van der Waals surface area contributed by atoms with Gasteiger partial charge in [-0.15, -0.1) is 0 Å². The normalized spacial score (nSPS) is 10.0. The summed E-state index contributed by atoms with van der Waals surface area (Å²) in [6.45, 7) is 4.57. The van der Waals surface area contributed by atoms with Crippen molar-refractivity contribution in [1.82, 2.24) is 0 Å². The van der Waals surface area contributed by atoms with Gasteiger partial charge in [0.1, 0.15) is 24.0 Å². The molecule has 0 bridgehead atoms. The Morgan fingerprint density at radius 3 is 2.63 bits per heavy atom. The highest BCUT2D eigenvalue weighted by atomic mass is 35.5. The number of rotatable bonds is 3. The van der Waals surface area contributed by atoms with Crippen molar-refractivity contribution < 1.29 is 4.74 Å². The van der Waals surface area contributed by atoms with Crippen LogP contribution >= 0.6 is 11.6 Å². The lowest BCUT2D eigenvalue weighted by Gasteiger charge is -2.10. The molecule has 2 rings (SSSR count). The third kappa shape index (κ3) is 3.07. The Morgan fingerprint density at radius 1 is 1.16 bits per heavy atom. The van der Waals surface area contributed by atoms with Gasteiger partial charge in [0, 0.05) is 0 Å². The molecule has 2 aromatic carbocycles. The van der Waals surface area contributed by atoms with E-state index in [1.165, 1.54) is 11.1 Å². The van der Waals surface area contributed by atoms with Crippen molar-refractivity contribution >= 4 is 11.6 Å². The van der Waals surface area contributed by atoms with Crippen molar-refractivity contribution in [1.29, 1.82) is 5.26 Å². The van der Waals surface area contributed by atoms with Gasteiger partial charge in [-0.1, -0.05) is 35.9 Å². The molecule has 0 saturated carbocycles. The van der Waals surface area contributed by atoms with Gasteiger partial charge in [0.15, 0.2) is 0 Å². The van der Waals surface area contributed by atoms with Crippen molar-refractivity contribution in [2.75, 3.05) is 0 Å². The molecule has 0 aromatic heterocycles. The quantitative estimate of drug-likeness (QED) is 0.828. The zero-order valence-electron chi connectivity index (χ0n) is 10.9. The Labute approximate surface area is 118 Å². The van der Waals surface area contributed by atoms with Gasteiger partial charge in [-0.05, 0) is 42.7 Å². The molecule has 0 amide bonds. The molecule has 0 aliphatic rings. The lowest BCUT2D eigenvalue weighted by atomic mass is 10.1. The Balaban J connectivity index is 2.17. The molecule has 0 aliphatic carbocycles. The fourth-order valence-electron chi connectivity index (χ4n) is 1.79. The first-order valence-electron chi connectivity index (χ1n) is 5.99. The number of ether oxygens (including phenoxy) is 1. The fourth-order valence-corrected chi connectivity index (χ4v) is 2.00. The first-order valence-corrected chi connectivity index (χ1v) is 6.37. The molecule has 3 heteroatoms. The number of hydrogen-bond donors (Lipinski definition) is 0. The van der Waals surface area contributed by atoms with E-state index < -0.39 is 0 Å². The number of halogens is 1. The monoisotopic (exact) mass is 271 g/mol. The SMILES string of the molecule is Cc1ccc(COc2cccc(Cl)c2C#N)cc1C. The topological polar surface area (TPSA) is 33.0 Å². The van der Waals surface area contributed by atoms with Crippen LogP contribution in [0.2, 0.25) is 5.02 Å². The Hall–Kier alpha value is -1.98. The van der Waals surface area contributed by atoms with Crippen LogP contribution in [0.25, 0.3) is 0 Å². The highest BCUT2D eigenvalue weighted by Gasteiger charge is 2.07. The van der Waals surface area contributed by atoms with Crippen molar-refractivity contribution in [2.45, 2.75) is 20.5 Å². The number of benzene rings is 2. The Bertz CT molecular complexity index is 644. The van der Waals surface area contributed by atoms with Crippen LogP contribution < -0.4 is 4.74 Å². The van der Waals surface area contributed by atoms with Gasteiger partial charge in [-0.3, -0.25) is 0 Å². The Kier molecular flexibility index (Phi) is 4.09. The van der Waals surface area contributed by atoms with Crippen molar-refractivity contribution in [3.8, 4) is 11.8 Å². The van der Waals surface area contributed by atoms with E-state index in [-0.39, 0.29) is 0 Å².